The van der Waals surface area contributed by atoms with Crippen LogP contribution in [0.5, 0.6) is 0 Å². The van der Waals surface area contributed by atoms with Gasteiger partial charge in [0.15, 0.2) is 0 Å². The van der Waals surface area contributed by atoms with Gasteiger partial charge in [0, 0.05) is 12.6 Å². The van der Waals surface area contributed by atoms with E-state index in [1.165, 1.54) is 0 Å². The van der Waals surface area contributed by atoms with Crippen molar-refractivity contribution < 1.29 is 64.3 Å². The standard InChI is InChI=1S/C11H21BF3N2.K/c1-4-11-9-16(3)6-5-7-17(11)8-10(2)12(13,14)15;/h11H,2,4-9H2,1,3H3;/q-1;+1. The van der Waals surface area contributed by atoms with Gasteiger partial charge in [-0.1, -0.05) is 6.92 Å². The summed E-state index contributed by atoms with van der Waals surface area (Å²) in [7, 11) is 2.02. The first-order chi connectivity index (χ1) is 7.84. The Bertz CT molecular complexity index is 274. The molecule has 1 aliphatic rings. The Hall–Kier alpha value is 1.15. The zero-order valence-corrected chi connectivity index (χ0v) is 14.8. The average Bonchev–Trinajstić information content (AvgIpc) is 2.39. The Morgan fingerprint density at radius 2 is 1.94 bits per heavy atom. The van der Waals surface area contributed by atoms with Gasteiger partial charge in [0.05, 0.1) is 0 Å². The molecule has 1 fully saturated rings. The van der Waals surface area contributed by atoms with Crippen LogP contribution in [0.15, 0.2) is 12.1 Å². The first kappa shape index (κ1) is 19.2. The van der Waals surface area contributed by atoms with Gasteiger partial charge in [-0.15, -0.1) is 12.1 Å². The molecule has 1 unspecified atom stereocenters. The second kappa shape index (κ2) is 8.44. The number of rotatable bonds is 4. The molecule has 0 aromatic rings. The Balaban J connectivity index is 0.00000289. The molecule has 7 heteroatoms. The summed E-state index contributed by atoms with van der Waals surface area (Å²) in [5.41, 5.74) is -0.576. The van der Waals surface area contributed by atoms with Crippen LogP contribution < -0.4 is 51.4 Å². The monoisotopic (exact) mass is 288 g/mol. The van der Waals surface area contributed by atoms with Gasteiger partial charge in [0.1, 0.15) is 0 Å². The molecule has 1 atom stereocenters. The van der Waals surface area contributed by atoms with Gasteiger partial charge in [0.25, 0.3) is 0 Å². The van der Waals surface area contributed by atoms with Crippen molar-refractivity contribution in [2.24, 2.45) is 0 Å². The summed E-state index contributed by atoms with van der Waals surface area (Å²) in [5, 5.41) is 0. The van der Waals surface area contributed by atoms with Crippen molar-refractivity contribution in [1.29, 1.82) is 0 Å². The molecule has 1 saturated heterocycles. The van der Waals surface area contributed by atoms with Crippen LogP contribution in [0.1, 0.15) is 19.8 Å². The smallest absolute Gasteiger partial charge is 0.445 e. The van der Waals surface area contributed by atoms with Crippen LogP contribution in [0.4, 0.5) is 12.9 Å². The normalized spacial score (nSPS) is 23.3. The maximum atomic E-state index is 12.5. The third kappa shape index (κ3) is 6.07. The van der Waals surface area contributed by atoms with Crippen molar-refractivity contribution in [3.05, 3.63) is 12.1 Å². The molecule has 0 aromatic heterocycles. The van der Waals surface area contributed by atoms with E-state index in [0.717, 1.165) is 32.5 Å². The third-order valence-corrected chi connectivity index (χ3v) is 3.36. The minimum absolute atomic E-state index is 0. The van der Waals surface area contributed by atoms with Gasteiger partial charge in [0.2, 0.25) is 0 Å². The average molecular weight is 288 g/mol. The minimum atomic E-state index is -4.90. The van der Waals surface area contributed by atoms with Crippen molar-refractivity contribution in [3.63, 3.8) is 0 Å². The molecule has 0 radical (unpaired) electrons. The molecule has 0 N–H and O–H groups in total. The molecule has 100 valence electrons. The van der Waals surface area contributed by atoms with Crippen LogP contribution in [0, 0.1) is 0 Å². The molecular formula is C11H21BF3KN2. The van der Waals surface area contributed by atoms with E-state index in [0.29, 0.717) is 0 Å². The van der Waals surface area contributed by atoms with Crippen LogP contribution in [0.25, 0.3) is 0 Å². The molecule has 1 heterocycles. The number of nitrogens with zero attached hydrogens (tertiary/aromatic N) is 2. The fourth-order valence-electron chi connectivity index (χ4n) is 2.25. The van der Waals surface area contributed by atoms with Crippen LogP contribution in [-0.4, -0.2) is 56.0 Å². The molecule has 1 aliphatic heterocycles. The quantitative estimate of drug-likeness (QED) is 0.634. The van der Waals surface area contributed by atoms with E-state index < -0.39 is 12.4 Å². The minimum Gasteiger partial charge on any atom is -0.445 e. The molecule has 18 heavy (non-hydrogen) atoms. The summed E-state index contributed by atoms with van der Waals surface area (Å²) in [6.45, 7) is 2.81. The molecule has 0 saturated carbocycles. The van der Waals surface area contributed by atoms with Crippen molar-refractivity contribution >= 4 is 6.98 Å². The Morgan fingerprint density at radius 3 is 2.44 bits per heavy atom. The molecule has 0 aliphatic carbocycles. The van der Waals surface area contributed by atoms with Crippen molar-refractivity contribution in [2.45, 2.75) is 25.8 Å². The van der Waals surface area contributed by atoms with Gasteiger partial charge >= 0.3 is 58.4 Å². The number of likely N-dealkylation sites (N-methyl/N-ethyl adjacent to an activating group) is 1. The summed E-state index contributed by atoms with van der Waals surface area (Å²) >= 11 is 0. The fraction of sp³-hybridized carbons (Fsp3) is 0.818. The zero-order chi connectivity index (χ0) is 13.1. The van der Waals surface area contributed by atoms with Gasteiger partial charge in [-0.2, -0.15) is 0 Å². The first-order valence-electron chi connectivity index (χ1n) is 6.14. The van der Waals surface area contributed by atoms with Crippen molar-refractivity contribution in [2.75, 3.05) is 33.2 Å². The van der Waals surface area contributed by atoms with Gasteiger partial charge in [-0.05, 0) is 39.5 Å². The van der Waals surface area contributed by atoms with E-state index in [2.05, 4.69) is 11.5 Å². The second-order valence-electron chi connectivity index (χ2n) is 4.88. The van der Waals surface area contributed by atoms with Crippen molar-refractivity contribution in [3.8, 4) is 0 Å². The zero-order valence-electron chi connectivity index (χ0n) is 11.6. The predicted octanol–water partition coefficient (Wildman–Crippen LogP) is -0.651. The summed E-state index contributed by atoms with van der Waals surface area (Å²) < 4.78 is 37.6. The number of hydrogen-bond donors (Lipinski definition) is 0. The Labute approximate surface area is 150 Å². The van der Waals surface area contributed by atoms with E-state index >= 15 is 0 Å². The maximum Gasteiger partial charge on any atom is 1.00 e. The molecule has 1 rings (SSSR count). The third-order valence-electron chi connectivity index (χ3n) is 3.36. The van der Waals surface area contributed by atoms with Crippen molar-refractivity contribution in [1.82, 2.24) is 9.80 Å². The van der Waals surface area contributed by atoms with Crippen LogP contribution in [-0.2, 0) is 0 Å². The summed E-state index contributed by atoms with van der Waals surface area (Å²) in [4.78, 5) is 4.12. The van der Waals surface area contributed by atoms with E-state index in [-0.39, 0.29) is 64.0 Å². The molecule has 0 aromatic carbocycles. The second-order valence-corrected chi connectivity index (χ2v) is 4.88. The van der Waals surface area contributed by atoms with Crippen LogP contribution >= 0.6 is 0 Å². The molecule has 0 amide bonds. The van der Waals surface area contributed by atoms with Crippen LogP contribution in [0.2, 0.25) is 0 Å². The Morgan fingerprint density at radius 1 is 1.33 bits per heavy atom. The van der Waals surface area contributed by atoms with E-state index in [4.69, 9.17) is 0 Å². The van der Waals surface area contributed by atoms with Gasteiger partial charge in [-0.3, -0.25) is 4.90 Å². The maximum absolute atomic E-state index is 12.5. The summed E-state index contributed by atoms with van der Waals surface area (Å²) in [5.74, 6) is 0. The van der Waals surface area contributed by atoms with E-state index in [1.807, 2.05) is 18.9 Å². The van der Waals surface area contributed by atoms with Gasteiger partial charge < -0.3 is 17.8 Å². The van der Waals surface area contributed by atoms with Gasteiger partial charge in [-0.25, -0.2) is 0 Å². The fourth-order valence-corrected chi connectivity index (χ4v) is 2.25. The number of halogens is 3. The molecule has 2 nitrogen and oxygen atoms in total. The van der Waals surface area contributed by atoms with E-state index in [9.17, 15) is 12.9 Å². The van der Waals surface area contributed by atoms with E-state index in [1.54, 1.807) is 0 Å². The van der Waals surface area contributed by atoms with Crippen LogP contribution in [0.3, 0.4) is 0 Å². The molecular weight excluding hydrogens is 267 g/mol. The molecule has 0 bridgehead atoms. The first-order valence-corrected chi connectivity index (χ1v) is 6.14. The topological polar surface area (TPSA) is 6.48 Å². The SMILES string of the molecule is C=C(CN1CCCN(C)CC1CC)[B-](F)(F)F.[K+]. The Kier molecular flexibility index (Phi) is 8.98. The summed E-state index contributed by atoms with van der Waals surface area (Å²) in [6.07, 6.45) is 1.80. The summed E-state index contributed by atoms with van der Waals surface area (Å²) in [6, 6.07) is 0.206. The largest absolute Gasteiger partial charge is 1.00 e. The predicted molar refractivity (Wildman–Crippen MR) is 66.0 cm³/mol. The molecule has 0 spiro atoms. The number of hydrogen-bond acceptors (Lipinski definition) is 2.